The fourth-order valence-electron chi connectivity index (χ4n) is 2.51. The Hall–Kier alpha value is -2.96. The molecule has 0 saturated heterocycles. The van der Waals surface area contributed by atoms with Crippen LogP contribution in [0, 0.1) is 5.41 Å². The highest BCUT2D eigenvalue weighted by molar-refractivity contribution is 5.42. The number of benzene rings is 3. The third-order valence-electron chi connectivity index (χ3n) is 3.40. The summed E-state index contributed by atoms with van der Waals surface area (Å²) in [5, 5.41) is 5.40. The van der Waals surface area contributed by atoms with Gasteiger partial charge in [-0.05, 0) is 16.7 Å². The van der Waals surface area contributed by atoms with E-state index in [2.05, 4.69) is 91.0 Å². The first-order valence-corrected chi connectivity index (χ1v) is 7.05. The van der Waals surface area contributed by atoms with Crippen LogP contribution in [0.15, 0.2) is 91.0 Å². The van der Waals surface area contributed by atoms with Crippen molar-refractivity contribution in [2.24, 2.45) is 0 Å². The molecule has 0 radical (unpaired) electrons. The molecule has 0 aromatic heterocycles. The Morgan fingerprint density at radius 2 is 0.818 bits per heavy atom. The van der Waals surface area contributed by atoms with Gasteiger partial charge in [0.15, 0.2) is 0 Å². The molecular weight excluding hydrogens is 270 g/mol. The van der Waals surface area contributed by atoms with Crippen molar-refractivity contribution in [1.82, 2.24) is 0 Å². The summed E-state index contributed by atoms with van der Waals surface area (Å²) in [4.78, 5) is 8.35. The minimum absolute atomic E-state index is 0.309. The summed E-state index contributed by atoms with van der Waals surface area (Å²) < 4.78 is 0. The summed E-state index contributed by atoms with van der Waals surface area (Å²) in [5.74, 6) is 0.309. The minimum atomic E-state index is 0.309. The third kappa shape index (κ3) is 4.02. The second-order valence-electron chi connectivity index (χ2n) is 4.77. The van der Waals surface area contributed by atoms with Gasteiger partial charge in [0.25, 0.3) is 0 Å². The lowest BCUT2D eigenvalue weighted by molar-refractivity contribution is 0.563. The fraction of sp³-hybridized carbons (Fsp3) is 0.0500. The van der Waals surface area contributed by atoms with Gasteiger partial charge in [-0.1, -0.05) is 91.0 Å². The molecule has 3 rings (SSSR count). The highest BCUT2D eigenvalue weighted by Crippen LogP contribution is 2.31. The maximum Gasteiger partial charge on any atom is 0.231 e. The summed E-state index contributed by atoms with van der Waals surface area (Å²) in [5.41, 5.74) is 4.00. The minimum Gasteiger partial charge on any atom is -0.222 e. The largest absolute Gasteiger partial charge is 0.231 e. The molecule has 0 fully saturated rings. The van der Waals surface area contributed by atoms with E-state index < -0.39 is 0 Å². The molecule has 0 spiro atoms. The number of nitrogens with one attached hydrogen (secondary N) is 1. The van der Waals surface area contributed by atoms with Crippen LogP contribution >= 0.6 is 0 Å². The first kappa shape index (κ1) is 15.4. The molecule has 0 aliphatic heterocycles. The number of rotatable bonds is 3. The molecule has 0 amide bonds. The second-order valence-corrected chi connectivity index (χ2v) is 4.77. The Balaban J connectivity index is 0.000000545. The van der Waals surface area contributed by atoms with Crippen LogP contribution in [0.5, 0.6) is 0 Å². The van der Waals surface area contributed by atoms with Crippen LogP contribution < -0.4 is 0 Å². The quantitative estimate of drug-likeness (QED) is 0.421. The van der Waals surface area contributed by atoms with Crippen LogP contribution in [0.3, 0.4) is 0 Å². The van der Waals surface area contributed by atoms with Crippen LogP contribution in [0.25, 0.3) is 0 Å². The van der Waals surface area contributed by atoms with Crippen LogP contribution in [-0.4, -0.2) is 6.08 Å². The highest BCUT2D eigenvalue weighted by atomic mass is 16.1. The number of hydrogen-bond acceptors (Lipinski definition) is 2. The van der Waals surface area contributed by atoms with Crippen LogP contribution in [0.4, 0.5) is 0 Å². The van der Waals surface area contributed by atoms with Crippen LogP contribution in [0.1, 0.15) is 22.6 Å². The van der Waals surface area contributed by atoms with Gasteiger partial charge in [-0.15, -0.1) is 0 Å². The normalized spacial score (nSPS) is 9.50. The maximum atomic E-state index is 8.35. The molecule has 3 aromatic carbocycles. The molecule has 22 heavy (non-hydrogen) atoms. The first-order chi connectivity index (χ1) is 10.9. The van der Waals surface area contributed by atoms with Crippen molar-refractivity contribution >= 4 is 6.08 Å². The highest BCUT2D eigenvalue weighted by Gasteiger charge is 2.15. The van der Waals surface area contributed by atoms with Gasteiger partial charge >= 0.3 is 0 Å². The van der Waals surface area contributed by atoms with Gasteiger partial charge in [0, 0.05) is 5.92 Å². The van der Waals surface area contributed by atoms with E-state index in [0.717, 1.165) is 6.08 Å². The fourth-order valence-corrected chi connectivity index (χ4v) is 2.51. The molecule has 0 heterocycles. The van der Waals surface area contributed by atoms with E-state index >= 15 is 0 Å². The molecule has 0 saturated carbocycles. The molecule has 1 N–H and O–H groups in total. The third-order valence-corrected chi connectivity index (χ3v) is 3.40. The molecule has 0 aliphatic rings. The Morgan fingerprint density at radius 1 is 0.591 bits per heavy atom. The molecule has 0 unspecified atom stereocenters. The van der Waals surface area contributed by atoms with Crippen molar-refractivity contribution in [2.75, 3.05) is 0 Å². The molecule has 108 valence electrons. The van der Waals surface area contributed by atoms with E-state index in [0.29, 0.717) is 5.92 Å². The molecule has 0 bridgehead atoms. The zero-order valence-electron chi connectivity index (χ0n) is 12.1. The van der Waals surface area contributed by atoms with Crippen molar-refractivity contribution in [2.45, 2.75) is 5.92 Å². The van der Waals surface area contributed by atoms with Gasteiger partial charge in [0.05, 0.1) is 0 Å². The van der Waals surface area contributed by atoms with Gasteiger partial charge in [-0.3, -0.25) is 0 Å². The molecule has 3 aromatic rings. The predicted molar refractivity (Wildman–Crippen MR) is 88.7 cm³/mol. The average molecular weight is 287 g/mol. The standard InChI is InChI=1S/C19H16.CHNO/c1-4-10-16(11-5-1)19(17-12-6-2-7-13-17)18-14-8-3-9-15-18;2-1-3/h1-15,19H;2H. The smallest absolute Gasteiger partial charge is 0.222 e. The van der Waals surface area contributed by atoms with Crippen LogP contribution in [0.2, 0.25) is 0 Å². The maximum absolute atomic E-state index is 8.35. The van der Waals surface area contributed by atoms with E-state index in [9.17, 15) is 0 Å². The van der Waals surface area contributed by atoms with Gasteiger partial charge in [0.1, 0.15) is 0 Å². The molecule has 0 aliphatic carbocycles. The lowest BCUT2D eigenvalue weighted by Crippen LogP contribution is -2.02. The van der Waals surface area contributed by atoms with Crippen molar-refractivity contribution < 1.29 is 4.79 Å². The Kier molecular flexibility index (Phi) is 5.86. The van der Waals surface area contributed by atoms with Gasteiger partial charge in [-0.2, -0.15) is 0 Å². The summed E-state index contributed by atoms with van der Waals surface area (Å²) in [6.45, 7) is 0. The van der Waals surface area contributed by atoms with Crippen LogP contribution in [-0.2, 0) is 4.79 Å². The lowest BCUT2D eigenvalue weighted by Gasteiger charge is -2.18. The van der Waals surface area contributed by atoms with Crippen molar-refractivity contribution in [3.8, 4) is 0 Å². The Bertz CT molecular complexity index is 609. The summed E-state index contributed by atoms with van der Waals surface area (Å²) in [6.07, 6.45) is 0.750. The zero-order valence-corrected chi connectivity index (χ0v) is 12.1. The summed E-state index contributed by atoms with van der Waals surface area (Å²) in [7, 11) is 0. The monoisotopic (exact) mass is 287 g/mol. The Labute approximate surface area is 130 Å². The van der Waals surface area contributed by atoms with Gasteiger partial charge in [0.2, 0.25) is 6.08 Å². The zero-order chi connectivity index (χ0) is 15.6. The predicted octanol–water partition coefficient (Wildman–Crippen LogP) is 4.77. The SMILES string of the molecule is N=C=O.c1ccc(C(c2ccccc2)c2ccccc2)cc1. The van der Waals surface area contributed by atoms with Gasteiger partial charge < -0.3 is 0 Å². The molecule has 2 nitrogen and oxygen atoms in total. The van der Waals surface area contributed by atoms with Crippen molar-refractivity contribution in [3.63, 3.8) is 0 Å². The van der Waals surface area contributed by atoms with Gasteiger partial charge in [-0.25, -0.2) is 10.2 Å². The topological polar surface area (TPSA) is 40.9 Å². The Morgan fingerprint density at radius 3 is 1.05 bits per heavy atom. The van der Waals surface area contributed by atoms with E-state index in [1.165, 1.54) is 16.7 Å². The molecule has 0 atom stereocenters. The lowest BCUT2D eigenvalue weighted by atomic mass is 9.85. The van der Waals surface area contributed by atoms with E-state index in [1.54, 1.807) is 0 Å². The summed E-state index contributed by atoms with van der Waals surface area (Å²) in [6, 6.07) is 32.0. The second kappa shape index (κ2) is 8.35. The number of isocyanates is 1. The number of carbonyl (C=O) groups excluding carboxylic acids is 1. The van der Waals surface area contributed by atoms with E-state index in [4.69, 9.17) is 10.2 Å². The van der Waals surface area contributed by atoms with E-state index in [1.807, 2.05) is 0 Å². The first-order valence-electron chi connectivity index (χ1n) is 7.05. The summed E-state index contributed by atoms with van der Waals surface area (Å²) >= 11 is 0. The average Bonchev–Trinajstić information content (AvgIpc) is 2.59. The number of hydrogen-bond donors (Lipinski definition) is 1. The van der Waals surface area contributed by atoms with Crippen molar-refractivity contribution in [1.29, 1.82) is 5.41 Å². The van der Waals surface area contributed by atoms with Crippen molar-refractivity contribution in [3.05, 3.63) is 108 Å². The van der Waals surface area contributed by atoms with E-state index in [-0.39, 0.29) is 0 Å². The molecule has 2 heteroatoms. The molecular formula is C20H17NO.